The summed E-state index contributed by atoms with van der Waals surface area (Å²) in [6.45, 7) is 5.11. The summed E-state index contributed by atoms with van der Waals surface area (Å²) in [7, 11) is 0. The molecule has 0 aliphatic carbocycles. The van der Waals surface area contributed by atoms with Crippen molar-refractivity contribution in [2.24, 2.45) is 0 Å². The minimum atomic E-state index is -0.0511. The number of aromatic nitrogens is 1. The van der Waals surface area contributed by atoms with Gasteiger partial charge in [0.15, 0.2) is 0 Å². The molecule has 5 heteroatoms. The van der Waals surface area contributed by atoms with Gasteiger partial charge < -0.3 is 9.64 Å². The molecule has 21 heavy (non-hydrogen) atoms. The molecule has 0 unspecified atom stereocenters. The topological polar surface area (TPSA) is 42.4 Å². The molecular formula is C16H17BrN2O2. The van der Waals surface area contributed by atoms with Crippen molar-refractivity contribution in [3.63, 3.8) is 0 Å². The van der Waals surface area contributed by atoms with Crippen LogP contribution in [0.3, 0.4) is 0 Å². The highest BCUT2D eigenvalue weighted by Crippen LogP contribution is 2.21. The zero-order valence-corrected chi connectivity index (χ0v) is 13.6. The number of halogens is 1. The van der Waals surface area contributed by atoms with E-state index in [4.69, 9.17) is 4.74 Å². The Morgan fingerprint density at radius 3 is 2.52 bits per heavy atom. The highest BCUT2D eigenvalue weighted by molar-refractivity contribution is 9.10. The third-order valence-corrected chi connectivity index (χ3v) is 3.43. The molecule has 0 radical (unpaired) electrons. The van der Waals surface area contributed by atoms with E-state index in [1.54, 1.807) is 23.2 Å². The van der Waals surface area contributed by atoms with E-state index in [1.165, 1.54) is 0 Å². The summed E-state index contributed by atoms with van der Waals surface area (Å²) in [4.78, 5) is 18.3. The van der Waals surface area contributed by atoms with E-state index in [0.717, 1.165) is 11.4 Å². The maximum Gasteiger partial charge on any atom is 0.258 e. The van der Waals surface area contributed by atoms with E-state index in [-0.39, 0.29) is 5.91 Å². The summed E-state index contributed by atoms with van der Waals surface area (Å²) in [5.74, 6) is 0.751. The molecule has 1 amide bonds. The van der Waals surface area contributed by atoms with Crippen molar-refractivity contribution < 1.29 is 9.53 Å². The molecule has 1 heterocycles. The van der Waals surface area contributed by atoms with Crippen molar-refractivity contribution in [1.82, 2.24) is 4.98 Å². The second-order valence-corrected chi connectivity index (χ2v) is 5.16. The SMILES string of the molecule is CCOc1ccc(N(CC)C(=O)c2ccnc(Br)c2)cc1. The summed E-state index contributed by atoms with van der Waals surface area (Å²) < 4.78 is 6.07. The van der Waals surface area contributed by atoms with E-state index in [9.17, 15) is 4.79 Å². The number of pyridine rings is 1. The predicted molar refractivity (Wildman–Crippen MR) is 86.9 cm³/mol. The van der Waals surface area contributed by atoms with Gasteiger partial charge in [0.05, 0.1) is 6.61 Å². The Bertz CT molecular complexity index is 614. The molecule has 0 bridgehead atoms. The average Bonchev–Trinajstić information content (AvgIpc) is 2.50. The van der Waals surface area contributed by atoms with Crippen LogP contribution in [0.4, 0.5) is 5.69 Å². The van der Waals surface area contributed by atoms with Crippen LogP contribution in [0.25, 0.3) is 0 Å². The number of rotatable bonds is 5. The lowest BCUT2D eigenvalue weighted by molar-refractivity contribution is 0.0988. The second-order valence-electron chi connectivity index (χ2n) is 4.34. The van der Waals surface area contributed by atoms with Gasteiger partial charge in [0, 0.05) is 24.0 Å². The Kier molecular flexibility index (Phi) is 5.33. The van der Waals surface area contributed by atoms with E-state index in [2.05, 4.69) is 20.9 Å². The van der Waals surface area contributed by atoms with Crippen LogP contribution >= 0.6 is 15.9 Å². The molecule has 0 aliphatic rings. The molecule has 2 rings (SSSR count). The first-order valence-corrected chi connectivity index (χ1v) is 7.61. The molecule has 1 aromatic carbocycles. The van der Waals surface area contributed by atoms with Gasteiger partial charge in [0.1, 0.15) is 10.4 Å². The lowest BCUT2D eigenvalue weighted by atomic mass is 10.2. The fourth-order valence-electron chi connectivity index (χ4n) is 2.02. The monoisotopic (exact) mass is 348 g/mol. The summed E-state index contributed by atoms with van der Waals surface area (Å²) in [5, 5.41) is 0. The number of benzene rings is 1. The van der Waals surface area contributed by atoms with Crippen LogP contribution in [0, 0.1) is 0 Å². The first kappa shape index (κ1) is 15.5. The van der Waals surface area contributed by atoms with Gasteiger partial charge in [0.25, 0.3) is 5.91 Å². The first-order chi connectivity index (χ1) is 10.2. The van der Waals surface area contributed by atoms with Gasteiger partial charge in [-0.05, 0) is 66.2 Å². The summed E-state index contributed by atoms with van der Waals surface area (Å²) in [5.41, 5.74) is 1.45. The number of hydrogen-bond donors (Lipinski definition) is 0. The Labute approximate surface area is 132 Å². The fraction of sp³-hybridized carbons (Fsp3) is 0.250. The first-order valence-electron chi connectivity index (χ1n) is 6.82. The van der Waals surface area contributed by atoms with Crippen molar-refractivity contribution >= 4 is 27.5 Å². The molecule has 0 spiro atoms. The van der Waals surface area contributed by atoms with Gasteiger partial charge in [-0.2, -0.15) is 0 Å². The molecule has 0 atom stereocenters. The standard InChI is InChI=1S/C16H17BrN2O2/c1-3-19(13-5-7-14(8-6-13)21-4-2)16(20)12-9-10-18-15(17)11-12/h5-11H,3-4H2,1-2H3. The number of ether oxygens (including phenoxy) is 1. The third kappa shape index (κ3) is 3.82. The number of carbonyl (C=O) groups is 1. The number of hydrogen-bond acceptors (Lipinski definition) is 3. The molecule has 2 aromatic rings. The molecule has 4 nitrogen and oxygen atoms in total. The molecular weight excluding hydrogens is 332 g/mol. The van der Waals surface area contributed by atoms with Crippen molar-refractivity contribution in [3.05, 3.63) is 52.8 Å². The molecule has 0 saturated heterocycles. The van der Waals surface area contributed by atoms with Gasteiger partial charge in [-0.25, -0.2) is 4.98 Å². The quantitative estimate of drug-likeness (QED) is 0.769. The minimum Gasteiger partial charge on any atom is -0.494 e. The predicted octanol–water partition coefficient (Wildman–Crippen LogP) is 3.91. The van der Waals surface area contributed by atoms with Gasteiger partial charge in [0.2, 0.25) is 0 Å². The number of amides is 1. The molecule has 1 aromatic heterocycles. The smallest absolute Gasteiger partial charge is 0.258 e. The van der Waals surface area contributed by atoms with Gasteiger partial charge >= 0.3 is 0 Å². The van der Waals surface area contributed by atoms with Crippen LogP contribution in [0.2, 0.25) is 0 Å². The van der Waals surface area contributed by atoms with Crippen molar-refractivity contribution in [2.75, 3.05) is 18.1 Å². The van der Waals surface area contributed by atoms with Crippen LogP contribution in [-0.2, 0) is 0 Å². The van der Waals surface area contributed by atoms with Crippen LogP contribution in [-0.4, -0.2) is 24.0 Å². The molecule has 110 valence electrons. The van der Waals surface area contributed by atoms with E-state index >= 15 is 0 Å². The second kappa shape index (κ2) is 7.22. The van der Waals surface area contributed by atoms with E-state index < -0.39 is 0 Å². The molecule has 0 aliphatic heterocycles. The van der Waals surface area contributed by atoms with E-state index in [0.29, 0.717) is 23.3 Å². The Balaban J connectivity index is 2.24. The van der Waals surface area contributed by atoms with Gasteiger partial charge in [-0.15, -0.1) is 0 Å². The number of anilines is 1. The van der Waals surface area contributed by atoms with Gasteiger partial charge in [-0.1, -0.05) is 0 Å². The maximum absolute atomic E-state index is 12.6. The number of carbonyl (C=O) groups excluding carboxylic acids is 1. The Morgan fingerprint density at radius 2 is 1.95 bits per heavy atom. The zero-order valence-electron chi connectivity index (χ0n) is 12.0. The summed E-state index contributed by atoms with van der Waals surface area (Å²) in [6.07, 6.45) is 1.61. The third-order valence-electron chi connectivity index (χ3n) is 2.99. The molecule has 0 saturated carbocycles. The fourth-order valence-corrected chi connectivity index (χ4v) is 2.39. The minimum absolute atomic E-state index is 0.0511. The lowest BCUT2D eigenvalue weighted by Gasteiger charge is -2.21. The van der Waals surface area contributed by atoms with Crippen LogP contribution in [0.1, 0.15) is 24.2 Å². The number of nitrogens with zero attached hydrogens (tertiary/aromatic N) is 2. The molecule has 0 N–H and O–H groups in total. The summed E-state index contributed by atoms with van der Waals surface area (Å²) in [6, 6.07) is 11.0. The highest BCUT2D eigenvalue weighted by atomic mass is 79.9. The normalized spacial score (nSPS) is 10.2. The van der Waals surface area contributed by atoms with Crippen LogP contribution in [0.5, 0.6) is 5.75 Å². The average molecular weight is 349 g/mol. The Hall–Kier alpha value is -1.88. The lowest BCUT2D eigenvalue weighted by Crippen LogP contribution is -2.30. The van der Waals surface area contributed by atoms with Crippen molar-refractivity contribution in [3.8, 4) is 5.75 Å². The molecule has 0 fully saturated rings. The summed E-state index contributed by atoms with van der Waals surface area (Å²) >= 11 is 3.29. The highest BCUT2D eigenvalue weighted by Gasteiger charge is 2.16. The largest absolute Gasteiger partial charge is 0.494 e. The van der Waals surface area contributed by atoms with Crippen LogP contribution < -0.4 is 9.64 Å². The van der Waals surface area contributed by atoms with Crippen LogP contribution in [0.15, 0.2) is 47.2 Å². The van der Waals surface area contributed by atoms with Crippen molar-refractivity contribution in [2.45, 2.75) is 13.8 Å². The van der Waals surface area contributed by atoms with Crippen molar-refractivity contribution in [1.29, 1.82) is 0 Å². The maximum atomic E-state index is 12.6. The van der Waals surface area contributed by atoms with E-state index in [1.807, 2.05) is 38.1 Å². The zero-order chi connectivity index (χ0) is 15.2. The van der Waals surface area contributed by atoms with Gasteiger partial charge in [-0.3, -0.25) is 4.79 Å². The Morgan fingerprint density at radius 1 is 1.24 bits per heavy atom.